The Labute approximate surface area is 143 Å². The molecule has 2 heterocycles. The van der Waals surface area contributed by atoms with Crippen LogP contribution in [0.2, 0.25) is 0 Å². The van der Waals surface area contributed by atoms with Crippen molar-refractivity contribution < 1.29 is 9.32 Å². The lowest BCUT2D eigenvalue weighted by Gasteiger charge is -2.39. The predicted molar refractivity (Wildman–Crippen MR) is 93.6 cm³/mol. The third-order valence-corrected chi connectivity index (χ3v) is 4.51. The molecule has 0 bridgehead atoms. The summed E-state index contributed by atoms with van der Waals surface area (Å²) in [5, 5.41) is 6.78. The average Bonchev–Trinajstić information content (AvgIpc) is 2.92. The first-order chi connectivity index (χ1) is 11.5. The van der Waals surface area contributed by atoms with E-state index in [2.05, 4.69) is 29.2 Å². The minimum atomic E-state index is -0.312. The van der Waals surface area contributed by atoms with E-state index in [1.165, 1.54) is 6.42 Å². The van der Waals surface area contributed by atoms with Crippen molar-refractivity contribution in [1.82, 2.24) is 10.1 Å². The van der Waals surface area contributed by atoms with Crippen molar-refractivity contribution in [1.29, 1.82) is 0 Å². The normalized spacial score (nSPS) is 23.0. The van der Waals surface area contributed by atoms with Crippen LogP contribution in [0.15, 0.2) is 40.9 Å². The maximum atomic E-state index is 13.0. The molecule has 1 aliphatic heterocycles. The number of piperidine rings is 1. The number of aryl methyl sites for hydroxylation is 1. The summed E-state index contributed by atoms with van der Waals surface area (Å²) in [5.41, 5.74) is 1.01. The molecule has 1 aromatic heterocycles. The SMILES string of the molecule is Cc1cc(NC(=O)C(c2ccccc2)N2CC(C)CC(C)C2)no1. The highest BCUT2D eigenvalue weighted by molar-refractivity contribution is 5.94. The Morgan fingerprint density at radius 3 is 2.50 bits per heavy atom. The number of carbonyl (C=O) groups excluding carboxylic acids is 1. The largest absolute Gasteiger partial charge is 0.360 e. The molecule has 128 valence electrons. The molecule has 1 N–H and O–H groups in total. The first kappa shape index (κ1) is 16.7. The Morgan fingerprint density at radius 2 is 1.92 bits per heavy atom. The Balaban J connectivity index is 1.85. The second-order valence-corrected chi connectivity index (χ2v) is 7.03. The van der Waals surface area contributed by atoms with E-state index >= 15 is 0 Å². The van der Waals surface area contributed by atoms with Gasteiger partial charge in [0.2, 0.25) is 5.91 Å². The van der Waals surface area contributed by atoms with Gasteiger partial charge in [0.15, 0.2) is 5.82 Å². The minimum absolute atomic E-state index is 0.0594. The average molecular weight is 327 g/mol. The van der Waals surface area contributed by atoms with Gasteiger partial charge in [-0.3, -0.25) is 9.69 Å². The van der Waals surface area contributed by atoms with Crippen molar-refractivity contribution in [3.05, 3.63) is 47.7 Å². The molecule has 24 heavy (non-hydrogen) atoms. The molecule has 5 heteroatoms. The second kappa shape index (κ2) is 7.18. The second-order valence-electron chi connectivity index (χ2n) is 7.03. The molecule has 1 aliphatic rings. The van der Waals surface area contributed by atoms with Gasteiger partial charge in [-0.1, -0.05) is 49.3 Å². The number of hydrogen-bond donors (Lipinski definition) is 1. The molecule has 5 nitrogen and oxygen atoms in total. The molecule has 0 aliphatic carbocycles. The van der Waals surface area contributed by atoms with Gasteiger partial charge >= 0.3 is 0 Å². The lowest BCUT2D eigenvalue weighted by molar-refractivity contribution is -0.122. The van der Waals surface area contributed by atoms with E-state index in [4.69, 9.17) is 4.52 Å². The molecule has 2 aromatic rings. The van der Waals surface area contributed by atoms with Crippen LogP contribution >= 0.6 is 0 Å². The summed E-state index contributed by atoms with van der Waals surface area (Å²) in [7, 11) is 0. The fourth-order valence-electron chi connectivity index (χ4n) is 3.71. The lowest BCUT2D eigenvalue weighted by atomic mass is 9.89. The number of nitrogens with one attached hydrogen (secondary N) is 1. The zero-order valence-electron chi connectivity index (χ0n) is 14.5. The number of carbonyl (C=O) groups is 1. The van der Waals surface area contributed by atoms with E-state index in [1.54, 1.807) is 6.07 Å². The van der Waals surface area contributed by atoms with Crippen LogP contribution in [0.3, 0.4) is 0 Å². The molecule has 1 fully saturated rings. The van der Waals surface area contributed by atoms with Crippen LogP contribution in [0.1, 0.15) is 37.6 Å². The fraction of sp³-hybridized carbons (Fsp3) is 0.474. The number of nitrogens with zero attached hydrogens (tertiary/aromatic N) is 2. The fourth-order valence-corrected chi connectivity index (χ4v) is 3.71. The summed E-state index contributed by atoms with van der Waals surface area (Å²) in [6, 6.07) is 11.4. The smallest absolute Gasteiger partial charge is 0.247 e. The summed E-state index contributed by atoms with van der Waals surface area (Å²) >= 11 is 0. The summed E-state index contributed by atoms with van der Waals surface area (Å²) in [5.74, 6) is 2.26. The van der Waals surface area contributed by atoms with Gasteiger partial charge in [0.25, 0.3) is 0 Å². The zero-order chi connectivity index (χ0) is 17.1. The quantitative estimate of drug-likeness (QED) is 0.931. The van der Waals surface area contributed by atoms with Crippen LogP contribution < -0.4 is 5.32 Å². The van der Waals surface area contributed by atoms with Crippen LogP contribution in [-0.2, 0) is 4.79 Å². The number of anilines is 1. The number of rotatable bonds is 4. The van der Waals surface area contributed by atoms with Crippen molar-refractivity contribution in [2.45, 2.75) is 33.2 Å². The monoisotopic (exact) mass is 327 g/mol. The molecule has 1 aromatic carbocycles. The van der Waals surface area contributed by atoms with Crippen LogP contribution in [0, 0.1) is 18.8 Å². The highest BCUT2D eigenvalue weighted by atomic mass is 16.5. The summed E-state index contributed by atoms with van der Waals surface area (Å²) in [6.07, 6.45) is 1.21. The lowest BCUT2D eigenvalue weighted by Crippen LogP contribution is -2.45. The molecule has 3 atom stereocenters. The number of hydrogen-bond acceptors (Lipinski definition) is 4. The first-order valence-corrected chi connectivity index (χ1v) is 8.56. The molecule has 0 saturated carbocycles. The number of benzene rings is 1. The first-order valence-electron chi connectivity index (χ1n) is 8.56. The van der Waals surface area contributed by atoms with Crippen molar-refractivity contribution in [2.24, 2.45) is 11.8 Å². The summed E-state index contributed by atoms with van der Waals surface area (Å²) in [6.45, 7) is 8.17. The minimum Gasteiger partial charge on any atom is -0.360 e. The molecule has 3 unspecified atom stereocenters. The third kappa shape index (κ3) is 3.85. The number of likely N-dealkylation sites (tertiary alicyclic amines) is 1. The number of amides is 1. The Morgan fingerprint density at radius 1 is 1.25 bits per heavy atom. The molecule has 0 radical (unpaired) electrons. The highest BCUT2D eigenvalue weighted by Crippen LogP contribution is 2.30. The summed E-state index contributed by atoms with van der Waals surface area (Å²) in [4.78, 5) is 15.3. The van der Waals surface area contributed by atoms with Crippen LogP contribution in [0.4, 0.5) is 5.82 Å². The maximum absolute atomic E-state index is 13.0. The van der Waals surface area contributed by atoms with E-state index < -0.39 is 0 Å². The van der Waals surface area contributed by atoms with Crippen LogP contribution in [0.5, 0.6) is 0 Å². The predicted octanol–water partition coefficient (Wildman–Crippen LogP) is 3.64. The Hall–Kier alpha value is -2.14. The third-order valence-electron chi connectivity index (χ3n) is 4.51. The molecule has 1 amide bonds. The van der Waals surface area contributed by atoms with Gasteiger partial charge in [-0.2, -0.15) is 0 Å². The van der Waals surface area contributed by atoms with Gasteiger partial charge in [-0.25, -0.2) is 0 Å². The van der Waals surface area contributed by atoms with E-state index in [0.29, 0.717) is 23.4 Å². The van der Waals surface area contributed by atoms with Crippen molar-refractivity contribution in [3.8, 4) is 0 Å². The van der Waals surface area contributed by atoms with Gasteiger partial charge in [0.05, 0.1) is 0 Å². The Kier molecular flexibility index (Phi) is 5.00. The van der Waals surface area contributed by atoms with E-state index in [0.717, 1.165) is 18.7 Å². The highest BCUT2D eigenvalue weighted by Gasteiger charge is 2.33. The molecular formula is C19H25N3O2. The van der Waals surface area contributed by atoms with Gasteiger partial charge in [-0.15, -0.1) is 0 Å². The van der Waals surface area contributed by atoms with Gasteiger partial charge in [0, 0.05) is 19.2 Å². The molecule has 3 rings (SSSR count). The standard InChI is InChI=1S/C19H25N3O2/c1-13-9-14(2)12-22(11-13)18(16-7-5-4-6-8-16)19(23)20-17-10-15(3)24-21-17/h4-8,10,13-14,18H,9,11-12H2,1-3H3,(H,20,21,23). The van der Waals surface area contributed by atoms with Crippen LogP contribution in [-0.4, -0.2) is 29.1 Å². The maximum Gasteiger partial charge on any atom is 0.247 e. The molecule has 1 saturated heterocycles. The topological polar surface area (TPSA) is 58.4 Å². The van der Waals surface area contributed by atoms with Crippen LogP contribution in [0.25, 0.3) is 0 Å². The van der Waals surface area contributed by atoms with Gasteiger partial charge < -0.3 is 9.84 Å². The van der Waals surface area contributed by atoms with Gasteiger partial charge in [0.1, 0.15) is 11.8 Å². The summed E-state index contributed by atoms with van der Waals surface area (Å²) < 4.78 is 5.05. The van der Waals surface area contributed by atoms with E-state index in [1.807, 2.05) is 37.3 Å². The molecular weight excluding hydrogens is 302 g/mol. The van der Waals surface area contributed by atoms with Crippen molar-refractivity contribution in [3.63, 3.8) is 0 Å². The van der Waals surface area contributed by atoms with Crippen molar-refractivity contribution in [2.75, 3.05) is 18.4 Å². The Bertz CT molecular complexity index is 673. The van der Waals surface area contributed by atoms with Gasteiger partial charge in [-0.05, 0) is 30.7 Å². The van der Waals surface area contributed by atoms with E-state index in [9.17, 15) is 4.79 Å². The molecule has 0 spiro atoms. The zero-order valence-corrected chi connectivity index (χ0v) is 14.5. The van der Waals surface area contributed by atoms with E-state index in [-0.39, 0.29) is 11.9 Å². The van der Waals surface area contributed by atoms with Crippen molar-refractivity contribution >= 4 is 11.7 Å². The number of aromatic nitrogens is 1.